The average Bonchev–Trinajstić information content (AvgIpc) is 3.23. The summed E-state index contributed by atoms with van der Waals surface area (Å²) in [5.41, 5.74) is 2.46. The van der Waals surface area contributed by atoms with Gasteiger partial charge in [-0.25, -0.2) is 4.98 Å². The molecule has 1 aliphatic heterocycles. The molecule has 1 saturated heterocycles. The SMILES string of the molecule is C(=C\c1ccccc1)/CN1CCN(CCn2ccnc2-c2ccccc2)CC1. The maximum absolute atomic E-state index is 4.55. The summed E-state index contributed by atoms with van der Waals surface area (Å²) >= 11 is 0. The van der Waals surface area contributed by atoms with Gasteiger partial charge in [-0.3, -0.25) is 9.80 Å². The number of benzene rings is 2. The van der Waals surface area contributed by atoms with Crippen molar-refractivity contribution in [2.24, 2.45) is 0 Å². The number of rotatable bonds is 7. The molecule has 0 radical (unpaired) electrons. The number of aromatic nitrogens is 2. The van der Waals surface area contributed by atoms with Crippen LogP contribution in [0.25, 0.3) is 17.5 Å². The molecular weight excluding hydrogens is 344 g/mol. The van der Waals surface area contributed by atoms with E-state index in [9.17, 15) is 0 Å². The average molecular weight is 373 g/mol. The van der Waals surface area contributed by atoms with Crippen molar-refractivity contribution in [1.82, 2.24) is 19.4 Å². The first-order valence-electron chi connectivity index (χ1n) is 10.1. The van der Waals surface area contributed by atoms with Crippen LogP contribution in [-0.4, -0.2) is 58.6 Å². The van der Waals surface area contributed by atoms with Gasteiger partial charge in [-0.15, -0.1) is 0 Å². The molecule has 4 rings (SSSR count). The predicted octanol–water partition coefficient (Wildman–Crippen LogP) is 3.88. The lowest BCUT2D eigenvalue weighted by molar-refractivity contribution is 0.139. The monoisotopic (exact) mass is 372 g/mol. The number of imidazole rings is 1. The molecule has 4 heteroatoms. The minimum Gasteiger partial charge on any atom is -0.330 e. The quantitative estimate of drug-likeness (QED) is 0.629. The van der Waals surface area contributed by atoms with E-state index in [1.54, 1.807) is 0 Å². The fourth-order valence-electron chi connectivity index (χ4n) is 3.68. The largest absolute Gasteiger partial charge is 0.330 e. The lowest BCUT2D eigenvalue weighted by Gasteiger charge is -2.34. The summed E-state index contributed by atoms with van der Waals surface area (Å²) in [6.45, 7) is 7.62. The second-order valence-electron chi connectivity index (χ2n) is 7.27. The Morgan fingerprint density at radius 3 is 2.21 bits per heavy atom. The molecule has 28 heavy (non-hydrogen) atoms. The van der Waals surface area contributed by atoms with Crippen LogP contribution in [0.5, 0.6) is 0 Å². The molecule has 0 atom stereocenters. The smallest absolute Gasteiger partial charge is 0.139 e. The van der Waals surface area contributed by atoms with Crippen molar-refractivity contribution in [3.63, 3.8) is 0 Å². The predicted molar refractivity (Wildman–Crippen MR) is 116 cm³/mol. The molecule has 0 N–H and O–H groups in total. The molecule has 0 bridgehead atoms. The normalized spacial score (nSPS) is 16.0. The highest BCUT2D eigenvalue weighted by Gasteiger charge is 2.16. The molecule has 1 fully saturated rings. The van der Waals surface area contributed by atoms with Gasteiger partial charge in [-0.05, 0) is 5.56 Å². The minimum atomic E-state index is 0.984. The molecule has 4 nitrogen and oxygen atoms in total. The maximum atomic E-state index is 4.55. The van der Waals surface area contributed by atoms with Crippen molar-refractivity contribution >= 4 is 6.08 Å². The molecule has 0 amide bonds. The Balaban J connectivity index is 1.22. The fourth-order valence-corrected chi connectivity index (χ4v) is 3.68. The number of nitrogens with zero attached hydrogens (tertiary/aromatic N) is 4. The second-order valence-corrected chi connectivity index (χ2v) is 7.27. The first-order chi connectivity index (χ1) is 13.9. The Kier molecular flexibility index (Phi) is 6.32. The Hall–Kier alpha value is -2.69. The molecule has 0 aliphatic carbocycles. The first kappa shape index (κ1) is 18.7. The van der Waals surface area contributed by atoms with Gasteiger partial charge < -0.3 is 4.57 Å². The van der Waals surface area contributed by atoms with Crippen molar-refractivity contribution in [1.29, 1.82) is 0 Å². The Bertz CT molecular complexity index is 862. The molecule has 2 aromatic carbocycles. The van der Waals surface area contributed by atoms with Gasteiger partial charge in [-0.1, -0.05) is 72.8 Å². The highest BCUT2D eigenvalue weighted by Crippen LogP contribution is 2.16. The molecule has 3 aromatic rings. The van der Waals surface area contributed by atoms with Crippen molar-refractivity contribution in [2.45, 2.75) is 6.54 Å². The van der Waals surface area contributed by atoms with Crippen LogP contribution in [0.3, 0.4) is 0 Å². The zero-order valence-corrected chi connectivity index (χ0v) is 16.3. The molecule has 1 aromatic heterocycles. The van der Waals surface area contributed by atoms with Gasteiger partial charge in [0.05, 0.1) is 0 Å². The van der Waals surface area contributed by atoms with Crippen molar-refractivity contribution < 1.29 is 0 Å². The van der Waals surface area contributed by atoms with Gasteiger partial charge >= 0.3 is 0 Å². The van der Waals surface area contributed by atoms with E-state index < -0.39 is 0 Å². The second kappa shape index (κ2) is 9.49. The summed E-state index contributed by atoms with van der Waals surface area (Å²) < 4.78 is 2.27. The standard InChI is InChI=1S/C24H28N4/c1-3-8-22(9-4-1)10-7-14-26-16-18-27(19-17-26)20-21-28-15-13-25-24(28)23-11-5-2-6-12-23/h1-13,15H,14,16-21H2/b10-7+. The van der Waals surface area contributed by atoms with Crippen LogP contribution in [0.1, 0.15) is 5.56 Å². The summed E-state index contributed by atoms with van der Waals surface area (Å²) in [4.78, 5) is 9.64. The van der Waals surface area contributed by atoms with E-state index in [0.29, 0.717) is 0 Å². The molecular formula is C24H28N4. The Morgan fingerprint density at radius 1 is 0.786 bits per heavy atom. The lowest BCUT2D eigenvalue weighted by Crippen LogP contribution is -2.47. The van der Waals surface area contributed by atoms with E-state index in [1.165, 1.54) is 11.1 Å². The summed E-state index contributed by atoms with van der Waals surface area (Å²) in [5.74, 6) is 1.06. The van der Waals surface area contributed by atoms with Crippen molar-refractivity contribution in [2.75, 3.05) is 39.3 Å². The molecule has 0 saturated carbocycles. The van der Waals surface area contributed by atoms with Crippen LogP contribution in [0.2, 0.25) is 0 Å². The van der Waals surface area contributed by atoms with Gasteiger partial charge in [0.25, 0.3) is 0 Å². The van der Waals surface area contributed by atoms with E-state index in [4.69, 9.17) is 0 Å². The van der Waals surface area contributed by atoms with Crippen molar-refractivity contribution in [3.05, 3.63) is 84.7 Å². The number of hydrogen-bond donors (Lipinski definition) is 0. The summed E-state index contributed by atoms with van der Waals surface area (Å²) in [7, 11) is 0. The van der Waals surface area contributed by atoms with Gasteiger partial charge in [0.15, 0.2) is 0 Å². The highest BCUT2D eigenvalue weighted by atomic mass is 15.3. The van der Waals surface area contributed by atoms with Gasteiger partial charge in [0, 0.05) is 63.8 Å². The lowest BCUT2D eigenvalue weighted by atomic mass is 10.2. The third kappa shape index (κ3) is 4.97. The van der Waals surface area contributed by atoms with Gasteiger partial charge in [0.2, 0.25) is 0 Å². The van der Waals surface area contributed by atoms with Gasteiger partial charge in [0.1, 0.15) is 5.82 Å². The van der Waals surface area contributed by atoms with Crippen LogP contribution in [0, 0.1) is 0 Å². The summed E-state index contributed by atoms with van der Waals surface area (Å²) in [5, 5.41) is 0. The van der Waals surface area contributed by atoms with Crippen LogP contribution in [-0.2, 0) is 6.54 Å². The number of piperazine rings is 1. The van der Waals surface area contributed by atoms with Crippen molar-refractivity contribution in [3.8, 4) is 11.4 Å². The van der Waals surface area contributed by atoms with Crippen LogP contribution in [0.15, 0.2) is 79.1 Å². The maximum Gasteiger partial charge on any atom is 0.139 e. The molecule has 1 aliphatic rings. The van der Waals surface area contributed by atoms with Gasteiger partial charge in [-0.2, -0.15) is 0 Å². The van der Waals surface area contributed by atoms with E-state index in [-0.39, 0.29) is 0 Å². The molecule has 2 heterocycles. The molecule has 0 unspecified atom stereocenters. The summed E-state index contributed by atoms with van der Waals surface area (Å²) in [6.07, 6.45) is 8.49. The summed E-state index contributed by atoms with van der Waals surface area (Å²) in [6, 6.07) is 21.0. The topological polar surface area (TPSA) is 24.3 Å². The van der Waals surface area contributed by atoms with E-state index in [2.05, 4.69) is 92.3 Å². The Morgan fingerprint density at radius 2 is 1.46 bits per heavy atom. The third-order valence-electron chi connectivity index (χ3n) is 5.34. The number of hydrogen-bond acceptors (Lipinski definition) is 3. The zero-order valence-electron chi connectivity index (χ0n) is 16.3. The van der Waals surface area contributed by atoms with E-state index in [0.717, 1.165) is 51.6 Å². The third-order valence-corrected chi connectivity index (χ3v) is 5.34. The molecule has 144 valence electrons. The van der Waals surface area contributed by atoms with Crippen LogP contribution in [0.4, 0.5) is 0 Å². The van der Waals surface area contributed by atoms with Crippen LogP contribution < -0.4 is 0 Å². The van der Waals surface area contributed by atoms with E-state index >= 15 is 0 Å². The Labute approximate surface area is 167 Å². The fraction of sp³-hybridized carbons (Fsp3) is 0.292. The highest BCUT2D eigenvalue weighted by molar-refractivity contribution is 5.55. The van der Waals surface area contributed by atoms with Crippen LogP contribution >= 0.6 is 0 Å². The zero-order chi connectivity index (χ0) is 19.0. The first-order valence-corrected chi connectivity index (χ1v) is 10.1. The minimum absolute atomic E-state index is 0.984. The van der Waals surface area contributed by atoms with E-state index in [1.807, 2.05) is 12.3 Å². The molecule has 0 spiro atoms.